The Morgan fingerprint density at radius 2 is 1.38 bits per heavy atom. The zero-order valence-corrected chi connectivity index (χ0v) is 17.3. The number of hydrogen-bond acceptors (Lipinski definition) is 3. The van der Waals surface area contributed by atoms with Crippen LogP contribution in [0.15, 0.2) is 119 Å². The van der Waals surface area contributed by atoms with Crippen LogP contribution in [0.5, 0.6) is 0 Å². The molecule has 0 radical (unpaired) electrons. The van der Waals surface area contributed by atoms with Gasteiger partial charge in [0.05, 0.1) is 22.8 Å². The van der Waals surface area contributed by atoms with E-state index in [9.17, 15) is 0 Å². The number of rotatable bonds is 4. The minimum Gasteiger partial charge on any atom is -0.353 e. The van der Waals surface area contributed by atoms with E-state index in [-0.39, 0.29) is 0 Å². The lowest BCUT2D eigenvalue weighted by atomic mass is 10.0. The van der Waals surface area contributed by atoms with Crippen molar-refractivity contribution in [3.8, 4) is 0 Å². The third-order valence-electron chi connectivity index (χ3n) is 5.60. The number of aromatic nitrogens is 1. The zero-order chi connectivity index (χ0) is 21.3. The van der Waals surface area contributed by atoms with Crippen LogP contribution in [-0.4, -0.2) is 16.4 Å². The van der Waals surface area contributed by atoms with Crippen molar-refractivity contribution in [2.24, 2.45) is 9.98 Å². The summed E-state index contributed by atoms with van der Waals surface area (Å²) in [6.45, 7) is 0. The van der Waals surface area contributed by atoms with Crippen molar-refractivity contribution < 1.29 is 0 Å². The molecular weight excluding hydrogens is 392 g/mol. The van der Waals surface area contributed by atoms with Crippen molar-refractivity contribution in [3.05, 3.63) is 120 Å². The summed E-state index contributed by atoms with van der Waals surface area (Å²) in [6.07, 6.45) is 0. The third-order valence-corrected chi connectivity index (χ3v) is 5.60. The van der Waals surface area contributed by atoms with Gasteiger partial charge in [-0.15, -0.1) is 0 Å². The molecule has 2 N–H and O–H groups in total. The highest BCUT2D eigenvalue weighted by Crippen LogP contribution is 2.36. The molecule has 32 heavy (non-hydrogen) atoms. The summed E-state index contributed by atoms with van der Waals surface area (Å²) in [5, 5.41) is 4.73. The van der Waals surface area contributed by atoms with Crippen molar-refractivity contribution >= 4 is 45.1 Å². The molecule has 1 aromatic heterocycles. The average molecular weight is 412 g/mol. The number of aliphatic imine (C=N–C) groups is 2. The first-order valence-electron chi connectivity index (χ1n) is 10.6. The molecule has 0 saturated carbocycles. The van der Waals surface area contributed by atoms with E-state index in [2.05, 4.69) is 46.7 Å². The summed E-state index contributed by atoms with van der Waals surface area (Å²) in [6, 6.07) is 36.7. The van der Waals surface area contributed by atoms with Crippen LogP contribution in [0.1, 0.15) is 11.3 Å². The quantitative estimate of drug-likeness (QED) is 0.323. The third kappa shape index (κ3) is 3.19. The Bertz CT molecular complexity index is 1480. The Morgan fingerprint density at radius 3 is 2.22 bits per heavy atom. The largest absolute Gasteiger partial charge is 0.353 e. The summed E-state index contributed by atoms with van der Waals surface area (Å²) in [7, 11) is 0. The van der Waals surface area contributed by atoms with Gasteiger partial charge in [0.2, 0.25) is 0 Å². The molecule has 1 aliphatic rings. The maximum Gasteiger partial charge on any atom is 0.116 e. The highest BCUT2D eigenvalue weighted by atomic mass is 15.0. The number of H-pyrrole nitrogens is 1. The number of nitrogens with one attached hydrogen (secondary N) is 2. The van der Waals surface area contributed by atoms with Gasteiger partial charge in [-0.1, -0.05) is 72.8 Å². The van der Waals surface area contributed by atoms with Gasteiger partial charge in [-0.3, -0.25) is 0 Å². The monoisotopic (exact) mass is 412 g/mol. The molecule has 1 aliphatic heterocycles. The Kier molecular flexibility index (Phi) is 4.40. The first-order valence-corrected chi connectivity index (χ1v) is 10.6. The van der Waals surface area contributed by atoms with Crippen LogP contribution >= 0.6 is 0 Å². The van der Waals surface area contributed by atoms with Gasteiger partial charge in [0.1, 0.15) is 11.4 Å². The van der Waals surface area contributed by atoms with Crippen LogP contribution in [0.2, 0.25) is 0 Å². The first-order chi connectivity index (χ1) is 15.9. The molecule has 4 heteroatoms. The van der Waals surface area contributed by atoms with E-state index >= 15 is 0 Å². The van der Waals surface area contributed by atoms with Crippen LogP contribution < -0.4 is 5.32 Å². The number of nitrogens with zero attached hydrogens (tertiary/aromatic N) is 2. The number of fused-ring (bicyclic) bond motifs is 2. The van der Waals surface area contributed by atoms with Crippen LogP contribution in [0.3, 0.4) is 0 Å². The van der Waals surface area contributed by atoms with E-state index in [1.807, 2.05) is 72.8 Å². The number of aromatic amines is 1. The molecule has 0 unspecified atom stereocenters. The zero-order valence-electron chi connectivity index (χ0n) is 17.3. The van der Waals surface area contributed by atoms with Gasteiger partial charge in [-0.05, 0) is 36.4 Å². The molecule has 4 aromatic carbocycles. The van der Waals surface area contributed by atoms with Crippen LogP contribution in [-0.2, 0) is 0 Å². The van der Waals surface area contributed by atoms with E-state index in [0.29, 0.717) is 0 Å². The second-order valence-corrected chi connectivity index (χ2v) is 7.69. The molecule has 0 fully saturated rings. The summed E-state index contributed by atoms with van der Waals surface area (Å²) in [4.78, 5) is 13.6. The predicted molar refractivity (Wildman–Crippen MR) is 133 cm³/mol. The molecule has 0 aliphatic carbocycles. The summed E-state index contributed by atoms with van der Waals surface area (Å²) in [5.41, 5.74) is 8.59. The second kappa shape index (κ2) is 7.67. The smallest absolute Gasteiger partial charge is 0.116 e. The molecular formula is C28H20N4. The minimum absolute atomic E-state index is 0.838. The highest BCUT2D eigenvalue weighted by molar-refractivity contribution is 6.58. The average Bonchev–Trinajstić information content (AvgIpc) is 3.39. The molecule has 0 saturated heterocycles. The predicted octanol–water partition coefficient (Wildman–Crippen LogP) is 7.17. The van der Waals surface area contributed by atoms with Gasteiger partial charge in [0.15, 0.2) is 0 Å². The van der Waals surface area contributed by atoms with Gasteiger partial charge in [0.25, 0.3) is 0 Å². The summed E-state index contributed by atoms with van der Waals surface area (Å²) < 4.78 is 0. The van der Waals surface area contributed by atoms with Crippen molar-refractivity contribution in [3.63, 3.8) is 0 Å². The Balaban J connectivity index is 1.56. The topological polar surface area (TPSA) is 52.5 Å². The van der Waals surface area contributed by atoms with Crippen molar-refractivity contribution in [2.75, 3.05) is 5.32 Å². The number of hydrogen-bond donors (Lipinski definition) is 2. The maximum atomic E-state index is 5.01. The van der Waals surface area contributed by atoms with E-state index in [1.54, 1.807) is 0 Å². The standard InChI is InChI=1S/C28H20N4/c1-3-11-19(12-4-1)29-25-21-15-7-9-17-23(21)31-27(25)28-26(30-20-13-5-2-6-14-20)22-16-8-10-18-24(22)32-28/h1-18,29,31H. The summed E-state index contributed by atoms with van der Waals surface area (Å²) >= 11 is 0. The molecule has 0 spiro atoms. The molecule has 5 aromatic rings. The Morgan fingerprint density at radius 1 is 0.688 bits per heavy atom. The molecule has 152 valence electrons. The molecule has 0 bridgehead atoms. The highest BCUT2D eigenvalue weighted by Gasteiger charge is 2.28. The van der Waals surface area contributed by atoms with E-state index in [0.717, 1.165) is 56.3 Å². The fraction of sp³-hybridized carbons (Fsp3) is 0. The lowest BCUT2D eigenvalue weighted by molar-refractivity contribution is 1.41. The van der Waals surface area contributed by atoms with Gasteiger partial charge in [-0.25, -0.2) is 9.98 Å². The van der Waals surface area contributed by atoms with Gasteiger partial charge in [0, 0.05) is 22.2 Å². The van der Waals surface area contributed by atoms with E-state index in [1.165, 1.54) is 0 Å². The molecule has 4 nitrogen and oxygen atoms in total. The second-order valence-electron chi connectivity index (χ2n) is 7.69. The summed E-state index contributed by atoms with van der Waals surface area (Å²) in [5.74, 6) is 0. The molecule has 0 atom stereocenters. The van der Waals surface area contributed by atoms with Crippen molar-refractivity contribution in [1.82, 2.24) is 4.98 Å². The van der Waals surface area contributed by atoms with Gasteiger partial charge < -0.3 is 10.3 Å². The molecule has 2 heterocycles. The van der Waals surface area contributed by atoms with Gasteiger partial charge in [-0.2, -0.15) is 0 Å². The SMILES string of the molecule is c1ccc(N=C2C(c3[nH]c4ccccc4c3Nc3ccccc3)=Nc3ccccc32)cc1. The normalized spacial score (nSPS) is 13.9. The van der Waals surface area contributed by atoms with E-state index in [4.69, 9.17) is 9.98 Å². The van der Waals surface area contributed by atoms with E-state index < -0.39 is 0 Å². The molecule has 0 amide bonds. The van der Waals surface area contributed by atoms with Crippen molar-refractivity contribution in [1.29, 1.82) is 0 Å². The fourth-order valence-electron chi connectivity index (χ4n) is 4.11. The fourth-order valence-corrected chi connectivity index (χ4v) is 4.11. The first kappa shape index (κ1) is 18.3. The minimum atomic E-state index is 0.838. The Hall–Kier alpha value is -4.44. The Labute approximate surface area is 186 Å². The van der Waals surface area contributed by atoms with Crippen molar-refractivity contribution in [2.45, 2.75) is 0 Å². The van der Waals surface area contributed by atoms with Crippen LogP contribution in [0.25, 0.3) is 10.9 Å². The number of para-hydroxylation sites is 4. The molecule has 6 rings (SSSR count). The maximum absolute atomic E-state index is 5.01. The van der Waals surface area contributed by atoms with Crippen LogP contribution in [0.4, 0.5) is 22.7 Å². The lowest BCUT2D eigenvalue weighted by Crippen LogP contribution is -2.14. The van der Waals surface area contributed by atoms with Crippen LogP contribution in [0, 0.1) is 0 Å². The number of anilines is 2. The number of benzene rings is 4. The lowest BCUT2D eigenvalue weighted by Gasteiger charge is -2.10. The van der Waals surface area contributed by atoms with Gasteiger partial charge >= 0.3 is 0 Å².